The van der Waals surface area contributed by atoms with Gasteiger partial charge in [0.15, 0.2) is 20.0 Å². The van der Waals surface area contributed by atoms with E-state index in [9.17, 15) is 50.2 Å². The number of rotatable bonds is 6. The summed E-state index contributed by atoms with van der Waals surface area (Å²) in [6, 6.07) is 0. The second kappa shape index (κ2) is 4.77. The summed E-state index contributed by atoms with van der Waals surface area (Å²) in [5.41, 5.74) is 0. The Kier molecular flexibility index (Phi) is 4.63. The van der Waals surface area contributed by atoms with Crippen LogP contribution < -0.4 is 0 Å². The molecule has 0 unspecified atom stereocenters. The van der Waals surface area contributed by atoms with Gasteiger partial charge < -0.3 is 8.25 Å². The fourth-order valence-electron chi connectivity index (χ4n) is 0.454. The Morgan fingerprint density at radius 1 is 0.632 bits per heavy atom. The minimum atomic E-state index is -6.93. The molecular formula is CF4N2O8S4-2. The molecule has 0 aliphatic heterocycles. The zero-order valence-corrected chi connectivity index (χ0v) is 11.1. The predicted octanol–water partition coefficient (Wildman–Crippen LogP) is -0.628. The average Bonchev–Trinajstić information content (AvgIpc) is 1.92. The van der Waals surface area contributed by atoms with Crippen molar-refractivity contribution in [3.05, 3.63) is 8.25 Å². The van der Waals surface area contributed by atoms with Gasteiger partial charge in [-0.3, -0.25) is 0 Å². The molecule has 0 aromatic heterocycles. The number of sulfonamides is 2. The molecule has 116 valence electrons. The number of nitrogens with zero attached hydrogens (tertiary/aromatic N) is 2. The molecule has 0 aliphatic rings. The van der Waals surface area contributed by atoms with Crippen LogP contribution in [0.15, 0.2) is 0 Å². The van der Waals surface area contributed by atoms with E-state index in [0.29, 0.717) is 0 Å². The Balaban J connectivity index is 5.89. The second-order valence-corrected chi connectivity index (χ2v) is 8.41. The van der Waals surface area contributed by atoms with Gasteiger partial charge in [0.2, 0.25) is 20.8 Å². The molecule has 0 aromatic carbocycles. The molecule has 0 radical (unpaired) electrons. The molecule has 18 heteroatoms. The summed E-state index contributed by atoms with van der Waals surface area (Å²) in [4.78, 5) is 0. The summed E-state index contributed by atoms with van der Waals surface area (Å²) in [6.07, 6.45) is 0. The lowest BCUT2D eigenvalue weighted by Crippen LogP contribution is -2.37. The van der Waals surface area contributed by atoms with Crippen LogP contribution in [0.4, 0.5) is 16.6 Å². The predicted molar refractivity (Wildman–Crippen MR) is 49.6 cm³/mol. The Labute approximate surface area is 104 Å². The minimum absolute atomic E-state index is 0.881. The Bertz CT molecular complexity index is 693. The minimum Gasteiger partial charge on any atom is -0.402 e. The van der Waals surface area contributed by atoms with Gasteiger partial charge in [-0.25, -0.2) is 33.7 Å². The van der Waals surface area contributed by atoms with Gasteiger partial charge in [0, 0.05) is 0 Å². The van der Waals surface area contributed by atoms with Crippen LogP contribution in [0, 0.1) is 0 Å². The van der Waals surface area contributed by atoms with E-state index in [1.807, 2.05) is 0 Å². The standard InChI is InChI=1S/CF4N2O8S4/c2-1(3,16(8,9)6-18(4,12)13)17(10,11)7-19(5,14)15/q-2. The first-order valence-corrected chi connectivity index (χ1v) is 8.72. The number of alkyl halides is 2. The van der Waals surface area contributed by atoms with E-state index in [4.69, 9.17) is 0 Å². The summed E-state index contributed by atoms with van der Waals surface area (Å²) in [5, 5.41) is 0. The van der Waals surface area contributed by atoms with Gasteiger partial charge in [0.1, 0.15) is 0 Å². The molecule has 0 atom stereocenters. The topological polar surface area (TPSA) is 165 Å². The van der Waals surface area contributed by atoms with E-state index >= 15 is 0 Å². The SMILES string of the molecule is O=S(=O)(F)[N-]S(=O)(=O)C(F)(F)S(=O)(=O)[N-]S(=O)(=O)F. The van der Waals surface area contributed by atoms with E-state index in [1.54, 1.807) is 0 Å². The zero-order chi connectivity index (χ0) is 15.9. The lowest BCUT2D eigenvalue weighted by atomic mass is 11.6. The van der Waals surface area contributed by atoms with Crippen LogP contribution in [0.25, 0.3) is 8.25 Å². The molecule has 19 heavy (non-hydrogen) atoms. The van der Waals surface area contributed by atoms with Gasteiger partial charge in [-0.2, -0.15) is 8.78 Å². The summed E-state index contributed by atoms with van der Waals surface area (Å²) in [7, 11) is -26.8. The third-order valence-electron chi connectivity index (χ3n) is 0.975. The highest BCUT2D eigenvalue weighted by atomic mass is 32.3. The van der Waals surface area contributed by atoms with Crippen LogP contribution in [-0.4, -0.2) is 38.3 Å². The van der Waals surface area contributed by atoms with Gasteiger partial charge in [-0.1, -0.05) is 0 Å². The van der Waals surface area contributed by atoms with E-state index < -0.39 is 45.5 Å². The van der Waals surface area contributed by atoms with E-state index in [-0.39, 0.29) is 0 Å². The van der Waals surface area contributed by atoms with Crippen LogP contribution >= 0.6 is 0 Å². The van der Waals surface area contributed by atoms with Crippen molar-refractivity contribution in [1.82, 2.24) is 0 Å². The van der Waals surface area contributed by atoms with Gasteiger partial charge in [0.05, 0.1) is 0 Å². The molecule has 0 fully saturated rings. The lowest BCUT2D eigenvalue weighted by molar-refractivity contribution is 0.183. The van der Waals surface area contributed by atoms with Gasteiger partial charge in [-0.05, 0) is 0 Å². The molecule has 0 rings (SSSR count). The van der Waals surface area contributed by atoms with Crippen LogP contribution in [0.1, 0.15) is 0 Å². The molecule has 0 spiro atoms. The first-order valence-electron chi connectivity index (χ1n) is 3.16. The van der Waals surface area contributed by atoms with Crippen molar-refractivity contribution in [2.24, 2.45) is 0 Å². The van der Waals surface area contributed by atoms with Crippen LogP contribution in [0.5, 0.6) is 0 Å². The Hall–Kier alpha value is -0.560. The molecule has 0 heterocycles. The van der Waals surface area contributed by atoms with Gasteiger partial charge in [0.25, 0.3) is 0 Å². The lowest BCUT2D eigenvalue weighted by Gasteiger charge is -2.28. The van der Waals surface area contributed by atoms with Crippen molar-refractivity contribution in [3.63, 3.8) is 0 Å². The molecule has 0 saturated heterocycles. The highest BCUT2D eigenvalue weighted by Crippen LogP contribution is 2.38. The van der Waals surface area contributed by atoms with Crippen LogP contribution in [0.3, 0.4) is 0 Å². The first-order chi connectivity index (χ1) is 7.91. The molecule has 0 saturated carbocycles. The fourth-order valence-corrected chi connectivity index (χ4v) is 4.64. The van der Waals surface area contributed by atoms with Gasteiger partial charge in [-0.15, -0.1) is 7.77 Å². The molecule has 10 nitrogen and oxygen atoms in total. The normalized spacial score (nSPS) is 15.4. The second-order valence-electron chi connectivity index (χ2n) is 2.39. The van der Waals surface area contributed by atoms with E-state index in [0.717, 1.165) is 8.25 Å². The summed E-state index contributed by atoms with van der Waals surface area (Å²) in [5.74, 6) is 0. The number of hydrogen-bond acceptors (Lipinski definition) is 8. The summed E-state index contributed by atoms with van der Waals surface area (Å²) >= 11 is 0. The van der Waals surface area contributed by atoms with Crippen molar-refractivity contribution in [2.45, 2.75) is 4.59 Å². The molecule has 0 amide bonds. The summed E-state index contributed by atoms with van der Waals surface area (Å²) in [6.45, 7) is 0. The van der Waals surface area contributed by atoms with Crippen molar-refractivity contribution in [3.8, 4) is 0 Å². The molecule has 0 N–H and O–H groups in total. The molecular weight excluding hydrogens is 372 g/mol. The Morgan fingerprint density at radius 2 is 0.842 bits per heavy atom. The monoisotopic (exact) mass is 372 g/mol. The Morgan fingerprint density at radius 3 is 1.00 bits per heavy atom. The number of hydrogen-bond donors (Lipinski definition) is 0. The van der Waals surface area contributed by atoms with Crippen molar-refractivity contribution in [2.75, 3.05) is 0 Å². The third kappa shape index (κ3) is 4.80. The maximum absolute atomic E-state index is 12.8. The van der Waals surface area contributed by atoms with E-state index in [1.165, 1.54) is 0 Å². The maximum Gasteiger partial charge on any atom is 0.413 e. The largest absolute Gasteiger partial charge is 0.413 e. The maximum atomic E-state index is 12.8. The van der Waals surface area contributed by atoms with E-state index in [2.05, 4.69) is 0 Å². The molecule has 0 aromatic rings. The van der Waals surface area contributed by atoms with Crippen LogP contribution in [-0.2, 0) is 40.9 Å². The quantitative estimate of drug-likeness (QED) is 0.439. The molecule has 0 bridgehead atoms. The third-order valence-corrected chi connectivity index (χ3v) is 6.43. The highest BCUT2D eigenvalue weighted by molar-refractivity contribution is 8.21. The fraction of sp³-hybridized carbons (Fsp3) is 1.00. The van der Waals surface area contributed by atoms with Crippen molar-refractivity contribution < 1.29 is 50.2 Å². The first kappa shape index (κ1) is 18.4. The molecule has 0 aliphatic carbocycles. The zero-order valence-electron chi connectivity index (χ0n) is 7.81. The van der Waals surface area contributed by atoms with Crippen molar-refractivity contribution in [1.29, 1.82) is 0 Å². The smallest absolute Gasteiger partial charge is 0.402 e. The summed E-state index contributed by atoms with van der Waals surface area (Å²) < 4.78 is 126. The van der Waals surface area contributed by atoms with Gasteiger partial charge >= 0.3 is 4.59 Å². The average molecular weight is 372 g/mol. The number of halogens is 4. The highest BCUT2D eigenvalue weighted by Gasteiger charge is 2.50. The van der Waals surface area contributed by atoms with Crippen molar-refractivity contribution >= 4 is 40.9 Å². The van der Waals surface area contributed by atoms with Crippen LogP contribution in [0.2, 0.25) is 0 Å².